The summed E-state index contributed by atoms with van der Waals surface area (Å²) in [7, 11) is 0. The zero-order valence-electron chi connectivity index (χ0n) is 23.4. The van der Waals surface area contributed by atoms with Crippen molar-refractivity contribution in [1.29, 1.82) is 0 Å². The first-order valence-corrected chi connectivity index (χ1v) is 13.4. The average Bonchev–Trinajstić information content (AvgIpc) is 2.95. The van der Waals surface area contributed by atoms with Crippen molar-refractivity contribution < 1.29 is 34.2 Å². The van der Waals surface area contributed by atoms with E-state index in [-0.39, 0.29) is 43.9 Å². The number of carboxylic acids is 1. The predicted octanol–water partition coefficient (Wildman–Crippen LogP) is -2.03. The van der Waals surface area contributed by atoms with Gasteiger partial charge >= 0.3 is 5.97 Å². The Morgan fingerprint density at radius 2 is 1.30 bits per heavy atom. The first-order valence-electron chi connectivity index (χ1n) is 13.4. The molecule has 0 bridgehead atoms. The number of hydrogen-bond donors (Lipinski definition) is 9. The van der Waals surface area contributed by atoms with Crippen LogP contribution in [0.3, 0.4) is 0 Å². The molecule has 2 aromatic carbocycles. The summed E-state index contributed by atoms with van der Waals surface area (Å²) in [4.78, 5) is 66.7. The van der Waals surface area contributed by atoms with Crippen molar-refractivity contribution in [2.24, 2.45) is 27.9 Å². The molecule has 232 valence electrons. The third-order valence-corrected chi connectivity index (χ3v) is 6.24. The number of carbonyl (C=O) groups excluding carboxylic acids is 4. The molecule has 0 aliphatic heterocycles. The van der Waals surface area contributed by atoms with Gasteiger partial charge in [-0.3, -0.25) is 24.2 Å². The smallest absolute Gasteiger partial charge is 0.326 e. The van der Waals surface area contributed by atoms with E-state index in [1.54, 1.807) is 42.5 Å². The molecule has 4 amide bonds. The lowest BCUT2D eigenvalue weighted by molar-refractivity contribution is -0.142. The summed E-state index contributed by atoms with van der Waals surface area (Å²) >= 11 is 0. The van der Waals surface area contributed by atoms with Gasteiger partial charge in [0.1, 0.15) is 23.9 Å². The Morgan fingerprint density at radius 1 is 0.744 bits per heavy atom. The normalized spacial score (nSPS) is 13.4. The van der Waals surface area contributed by atoms with Crippen LogP contribution in [-0.2, 0) is 36.8 Å². The number of carboxylic acid groups (broad SMARTS) is 1. The molecule has 15 nitrogen and oxygen atoms in total. The highest BCUT2D eigenvalue weighted by Gasteiger charge is 2.31. The minimum absolute atomic E-state index is 0.0248. The molecule has 0 aromatic heterocycles. The van der Waals surface area contributed by atoms with E-state index in [2.05, 4.69) is 20.9 Å². The van der Waals surface area contributed by atoms with Gasteiger partial charge in [0.25, 0.3) is 0 Å². The number of phenolic OH excluding ortho intramolecular Hbond substituents is 1. The molecule has 43 heavy (non-hydrogen) atoms. The van der Waals surface area contributed by atoms with E-state index in [4.69, 9.17) is 22.9 Å². The van der Waals surface area contributed by atoms with Crippen molar-refractivity contribution in [3.8, 4) is 5.75 Å². The van der Waals surface area contributed by atoms with Crippen LogP contribution in [0.4, 0.5) is 0 Å². The molecule has 0 spiro atoms. The molecule has 13 N–H and O–H groups in total. The highest BCUT2D eigenvalue weighted by atomic mass is 16.4. The van der Waals surface area contributed by atoms with Crippen molar-refractivity contribution in [3.05, 3.63) is 65.7 Å². The molecule has 0 heterocycles. The Morgan fingerprint density at radius 3 is 1.88 bits per heavy atom. The van der Waals surface area contributed by atoms with Crippen LogP contribution in [0, 0.1) is 0 Å². The van der Waals surface area contributed by atoms with Gasteiger partial charge in [-0.1, -0.05) is 42.5 Å². The molecule has 2 rings (SSSR count). The summed E-state index contributed by atoms with van der Waals surface area (Å²) in [5, 5.41) is 26.4. The molecular formula is C28H38N8O7. The van der Waals surface area contributed by atoms with Crippen LogP contribution in [0.5, 0.6) is 5.75 Å². The summed E-state index contributed by atoms with van der Waals surface area (Å²) in [5.74, 6) is -4.85. The van der Waals surface area contributed by atoms with E-state index < -0.39 is 60.2 Å². The minimum atomic E-state index is -1.54. The fraction of sp³-hybridized carbons (Fsp3) is 0.357. The van der Waals surface area contributed by atoms with Crippen molar-refractivity contribution in [1.82, 2.24) is 16.0 Å². The molecule has 4 unspecified atom stereocenters. The largest absolute Gasteiger partial charge is 0.508 e. The van der Waals surface area contributed by atoms with Crippen LogP contribution < -0.4 is 38.9 Å². The van der Waals surface area contributed by atoms with Gasteiger partial charge in [-0.2, -0.15) is 0 Å². The molecule has 0 fully saturated rings. The Hall–Kier alpha value is -5.18. The van der Waals surface area contributed by atoms with E-state index in [0.29, 0.717) is 11.1 Å². The van der Waals surface area contributed by atoms with Gasteiger partial charge in [-0.05, 0) is 42.5 Å². The van der Waals surface area contributed by atoms with E-state index >= 15 is 0 Å². The SMILES string of the molecule is NC(=O)CC(NC(=O)C(CCCN=C(N)N)NC(=O)C(N)Cc1ccc(O)cc1)C(=O)NC(Cc1ccccc1)C(=O)O. The van der Waals surface area contributed by atoms with Gasteiger partial charge in [0.05, 0.1) is 12.5 Å². The Kier molecular flexibility index (Phi) is 13.4. The van der Waals surface area contributed by atoms with Gasteiger partial charge < -0.3 is 49.1 Å². The molecule has 0 aliphatic rings. The fourth-order valence-corrected chi connectivity index (χ4v) is 4.03. The number of aliphatic imine (C=N–C) groups is 1. The van der Waals surface area contributed by atoms with Crippen LogP contribution in [0.25, 0.3) is 0 Å². The highest BCUT2D eigenvalue weighted by Crippen LogP contribution is 2.11. The molecule has 0 saturated carbocycles. The number of rotatable bonds is 17. The first-order chi connectivity index (χ1) is 20.3. The highest BCUT2D eigenvalue weighted by molar-refractivity contribution is 5.96. The lowest BCUT2D eigenvalue weighted by atomic mass is 10.0. The van der Waals surface area contributed by atoms with E-state index in [1.165, 1.54) is 12.1 Å². The van der Waals surface area contributed by atoms with Crippen molar-refractivity contribution >= 4 is 35.6 Å². The van der Waals surface area contributed by atoms with E-state index in [1.807, 2.05) is 0 Å². The second-order valence-corrected chi connectivity index (χ2v) is 9.81. The topological polar surface area (TPSA) is 278 Å². The predicted molar refractivity (Wildman–Crippen MR) is 157 cm³/mol. The van der Waals surface area contributed by atoms with Crippen LogP contribution in [0.1, 0.15) is 30.4 Å². The van der Waals surface area contributed by atoms with Crippen LogP contribution >= 0.6 is 0 Å². The van der Waals surface area contributed by atoms with E-state index in [0.717, 1.165) is 0 Å². The third kappa shape index (κ3) is 12.5. The molecule has 15 heteroatoms. The number of nitrogens with zero attached hydrogens (tertiary/aromatic N) is 1. The van der Waals surface area contributed by atoms with Crippen molar-refractivity contribution in [2.45, 2.75) is 56.3 Å². The summed E-state index contributed by atoms with van der Waals surface area (Å²) < 4.78 is 0. The lowest BCUT2D eigenvalue weighted by Gasteiger charge is -2.25. The van der Waals surface area contributed by atoms with Gasteiger partial charge in [-0.15, -0.1) is 0 Å². The minimum Gasteiger partial charge on any atom is -0.508 e. The summed E-state index contributed by atoms with van der Waals surface area (Å²) in [6.07, 6.45) is -0.323. The lowest BCUT2D eigenvalue weighted by Crippen LogP contribution is -2.58. The molecule has 0 radical (unpaired) electrons. The second-order valence-electron chi connectivity index (χ2n) is 9.81. The summed E-state index contributed by atoms with van der Waals surface area (Å²) in [5.41, 5.74) is 23.3. The number of nitrogens with one attached hydrogen (secondary N) is 3. The van der Waals surface area contributed by atoms with Gasteiger partial charge in [0.15, 0.2) is 5.96 Å². The number of aromatic hydroxyl groups is 1. The number of phenols is 1. The van der Waals surface area contributed by atoms with Crippen molar-refractivity contribution in [3.63, 3.8) is 0 Å². The van der Waals surface area contributed by atoms with Crippen LogP contribution in [0.2, 0.25) is 0 Å². The maximum Gasteiger partial charge on any atom is 0.326 e. The number of nitrogens with two attached hydrogens (primary N) is 4. The molecule has 4 atom stereocenters. The second kappa shape index (κ2) is 16.9. The number of hydrogen-bond acceptors (Lipinski definition) is 8. The Balaban J connectivity index is 2.17. The van der Waals surface area contributed by atoms with Gasteiger partial charge in [0.2, 0.25) is 23.6 Å². The number of primary amides is 1. The van der Waals surface area contributed by atoms with Gasteiger partial charge in [-0.25, -0.2) is 4.79 Å². The van der Waals surface area contributed by atoms with Crippen LogP contribution in [-0.4, -0.2) is 76.5 Å². The molecular weight excluding hydrogens is 560 g/mol. The Bertz CT molecular complexity index is 1280. The monoisotopic (exact) mass is 598 g/mol. The first kappa shape index (κ1) is 34.0. The molecule has 0 aliphatic carbocycles. The number of carbonyl (C=O) groups is 5. The standard InChI is InChI=1S/C28H38N8O7/c29-19(13-17-8-10-18(37)11-9-17)24(39)34-20(7-4-12-33-28(31)32)25(40)35-21(15-23(30)38)26(41)36-22(27(42)43)14-16-5-2-1-3-6-16/h1-3,5-6,8-11,19-22,37H,4,7,12-15,29H2,(H2,30,38)(H,34,39)(H,35,40)(H,36,41)(H,42,43)(H4,31,32,33). The number of guanidine groups is 1. The maximum atomic E-state index is 13.3. The Labute approximate surface area is 248 Å². The average molecular weight is 599 g/mol. The third-order valence-electron chi connectivity index (χ3n) is 6.24. The zero-order valence-corrected chi connectivity index (χ0v) is 23.4. The number of amides is 4. The zero-order chi connectivity index (χ0) is 31.9. The van der Waals surface area contributed by atoms with E-state index in [9.17, 15) is 34.2 Å². The fourth-order valence-electron chi connectivity index (χ4n) is 4.03. The summed E-state index contributed by atoms with van der Waals surface area (Å²) in [6.45, 7) is 0.131. The molecule has 0 saturated heterocycles. The van der Waals surface area contributed by atoms with Crippen molar-refractivity contribution in [2.75, 3.05) is 6.54 Å². The quantitative estimate of drug-likeness (QED) is 0.0547. The number of aliphatic carboxylic acids is 1. The van der Waals surface area contributed by atoms with Crippen LogP contribution in [0.15, 0.2) is 59.6 Å². The summed E-state index contributed by atoms with van der Waals surface area (Å²) in [6, 6.07) is 9.43. The molecule has 2 aromatic rings. The number of benzene rings is 2. The maximum absolute atomic E-state index is 13.3. The van der Waals surface area contributed by atoms with Gasteiger partial charge in [0, 0.05) is 13.0 Å².